The molecule has 3 aromatic rings. The lowest BCUT2D eigenvalue weighted by molar-refractivity contribution is 0.669. The molecule has 3 rings (SSSR count). The van der Waals surface area contributed by atoms with Crippen LogP contribution in [0.25, 0.3) is 21.9 Å². The second-order valence-corrected chi connectivity index (χ2v) is 6.36. The van der Waals surface area contributed by atoms with Gasteiger partial charge in [0.2, 0.25) is 11.9 Å². The fourth-order valence-electron chi connectivity index (χ4n) is 2.74. The van der Waals surface area contributed by atoms with E-state index in [0.717, 1.165) is 44.5 Å². The fourth-order valence-corrected chi connectivity index (χ4v) is 2.74. The Balaban J connectivity index is 2.02. The van der Waals surface area contributed by atoms with Crippen LogP contribution in [0, 0.1) is 0 Å². The second kappa shape index (κ2) is 8.42. The van der Waals surface area contributed by atoms with Gasteiger partial charge in [-0.05, 0) is 61.4 Å². The minimum atomic E-state index is 0.251. The molecule has 9 nitrogen and oxygen atoms in total. The molecule has 2 aromatic carbocycles. The van der Waals surface area contributed by atoms with Crippen LogP contribution in [-0.2, 0) is 0 Å². The molecule has 29 heavy (non-hydrogen) atoms. The molecule has 1 heterocycles. The van der Waals surface area contributed by atoms with Gasteiger partial charge in [-0.3, -0.25) is 9.98 Å². The number of guanidine groups is 2. The van der Waals surface area contributed by atoms with Gasteiger partial charge in [0.25, 0.3) is 0 Å². The van der Waals surface area contributed by atoms with Crippen LogP contribution in [0.3, 0.4) is 0 Å². The third-order valence-corrected chi connectivity index (χ3v) is 4.46. The van der Waals surface area contributed by atoms with E-state index in [9.17, 15) is 0 Å². The average molecular weight is 392 g/mol. The molecule has 1 aromatic heterocycles. The summed E-state index contributed by atoms with van der Waals surface area (Å²) in [4.78, 5) is 7.65. The number of hydrogen-bond donors (Lipinski definition) is 4. The van der Waals surface area contributed by atoms with E-state index in [0.29, 0.717) is 0 Å². The van der Waals surface area contributed by atoms with Crippen molar-refractivity contribution in [2.75, 3.05) is 14.1 Å². The molecular formula is C20H24N8O. The van der Waals surface area contributed by atoms with Crippen molar-refractivity contribution in [3.8, 4) is 0 Å². The van der Waals surface area contributed by atoms with Crippen molar-refractivity contribution in [3.63, 3.8) is 0 Å². The first-order chi connectivity index (χ1) is 13.9. The lowest BCUT2D eigenvalue weighted by Gasteiger charge is -2.04. The van der Waals surface area contributed by atoms with Gasteiger partial charge in [0.15, 0.2) is 0 Å². The summed E-state index contributed by atoms with van der Waals surface area (Å²) < 4.78 is 5.96. The molecule has 150 valence electrons. The monoisotopic (exact) mass is 392 g/mol. The number of fused-ring (bicyclic) bond motifs is 3. The second-order valence-electron chi connectivity index (χ2n) is 6.36. The molecule has 0 bridgehead atoms. The first-order valence-corrected chi connectivity index (χ1v) is 8.95. The zero-order valence-electron chi connectivity index (χ0n) is 16.8. The minimum Gasteiger partial charge on any atom is -0.456 e. The van der Waals surface area contributed by atoms with E-state index in [2.05, 4.69) is 31.0 Å². The number of hydrogen-bond acceptors (Lipinski definition) is 5. The van der Waals surface area contributed by atoms with Crippen molar-refractivity contribution >= 4 is 45.3 Å². The number of hydrazone groups is 2. The molecule has 9 heteroatoms. The summed E-state index contributed by atoms with van der Waals surface area (Å²) in [6.45, 7) is 3.79. The standard InChI is InChI=1S/C20H24N8O/c1-11(25-27-19(21)23-3)13-5-7-17-15(9-13)16-10-14(6-8-18(16)29-17)12(2)26-28-20(22)24-4/h5-10H,1-4H3,(H3,21,23,27)(H3,22,24,28)/b25-11-,26-12+. The van der Waals surface area contributed by atoms with Gasteiger partial charge >= 0.3 is 0 Å². The van der Waals surface area contributed by atoms with Crippen molar-refractivity contribution in [2.24, 2.45) is 31.7 Å². The first kappa shape index (κ1) is 19.9. The largest absolute Gasteiger partial charge is 0.456 e. The topological polar surface area (TPSA) is 139 Å². The van der Waals surface area contributed by atoms with Gasteiger partial charge < -0.3 is 15.9 Å². The molecule has 0 spiro atoms. The van der Waals surface area contributed by atoms with Gasteiger partial charge in [0.1, 0.15) is 11.2 Å². The quantitative estimate of drug-likeness (QED) is 0.306. The number of nitrogens with one attached hydrogen (secondary N) is 2. The Kier molecular flexibility index (Phi) is 5.77. The smallest absolute Gasteiger partial charge is 0.209 e. The van der Waals surface area contributed by atoms with Gasteiger partial charge in [-0.25, -0.2) is 10.9 Å². The molecule has 0 aliphatic carbocycles. The summed E-state index contributed by atoms with van der Waals surface area (Å²) in [5, 5.41) is 10.5. The fraction of sp³-hybridized carbons (Fsp3) is 0.200. The van der Waals surface area contributed by atoms with Gasteiger partial charge in [0, 0.05) is 24.9 Å². The molecule has 0 unspecified atom stereocenters. The third-order valence-electron chi connectivity index (χ3n) is 4.46. The number of benzene rings is 2. The Morgan fingerprint density at radius 1 is 0.759 bits per heavy atom. The lowest BCUT2D eigenvalue weighted by atomic mass is 10.0. The van der Waals surface area contributed by atoms with Crippen molar-refractivity contribution < 1.29 is 4.42 Å². The molecule has 0 saturated heterocycles. The predicted octanol–water partition coefficient (Wildman–Crippen LogP) is 2.10. The molecule has 0 saturated carbocycles. The van der Waals surface area contributed by atoms with Gasteiger partial charge in [0.05, 0.1) is 11.4 Å². The van der Waals surface area contributed by atoms with Crippen LogP contribution in [0.1, 0.15) is 25.0 Å². The van der Waals surface area contributed by atoms with Crippen molar-refractivity contribution in [2.45, 2.75) is 13.8 Å². The normalized spacial score (nSPS) is 13.9. The highest BCUT2D eigenvalue weighted by Gasteiger charge is 2.11. The summed E-state index contributed by atoms with van der Waals surface area (Å²) in [6.07, 6.45) is 0. The summed E-state index contributed by atoms with van der Waals surface area (Å²) in [5.74, 6) is 0.502. The van der Waals surface area contributed by atoms with Crippen LogP contribution >= 0.6 is 0 Å². The highest BCUT2D eigenvalue weighted by atomic mass is 16.3. The lowest BCUT2D eigenvalue weighted by Crippen LogP contribution is -2.27. The highest BCUT2D eigenvalue weighted by molar-refractivity contribution is 6.11. The van der Waals surface area contributed by atoms with E-state index in [1.54, 1.807) is 14.1 Å². The van der Waals surface area contributed by atoms with E-state index in [1.807, 2.05) is 50.2 Å². The maximum Gasteiger partial charge on any atom is 0.209 e. The van der Waals surface area contributed by atoms with E-state index in [1.165, 1.54) is 0 Å². The van der Waals surface area contributed by atoms with Crippen LogP contribution in [0.2, 0.25) is 0 Å². The predicted molar refractivity (Wildman–Crippen MR) is 120 cm³/mol. The number of rotatable bonds is 4. The maximum atomic E-state index is 5.96. The first-order valence-electron chi connectivity index (χ1n) is 8.95. The van der Waals surface area contributed by atoms with Crippen LogP contribution in [0.4, 0.5) is 0 Å². The average Bonchev–Trinajstić information content (AvgIpc) is 3.12. The summed E-state index contributed by atoms with van der Waals surface area (Å²) in [6, 6.07) is 11.8. The van der Waals surface area contributed by atoms with E-state index >= 15 is 0 Å². The van der Waals surface area contributed by atoms with Crippen molar-refractivity contribution in [1.29, 1.82) is 0 Å². The Hall–Kier alpha value is -3.88. The third kappa shape index (κ3) is 4.34. The minimum absolute atomic E-state index is 0.251. The molecule has 0 atom stereocenters. The number of aliphatic imine (C=N–C) groups is 2. The Bertz CT molecular complexity index is 1080. The van der Waals surface area contributed by atoms with Crippen LogP contribution in [0.15, 0.2) is 61.0 Å². The molecule has 0 aliphatic heterocycles. The maximum absolute atomic E-state index is 5.96. The van der Waals surface area contributed by atoms with E-state index in [-0.39, 0.29) is 11.9 Å². The zero-order chi connectivity index (χ0) is 21.0. The SMILES string of the molecule is CN=C(N)N/N=C(/C)c1ccc2oc3ccc(/C(C)=N/NC(N)=NC)cc3c2c1. The summed E-state index contributed by atoms with van der Waals surface area (Å²) >= 11 is 0. The van der Waals surface area contributed by atoms with Crippen molar-refractivity contribution in [3.05, 3.63) is 47.5 Å². The van der Waals surface area contributed by atoms with Crippen LogP contribution in [0.5, 0.6) is 0 Å². The van der Waals surface area contributed by atoms with Crippen LogP contribution < -0.4 is 22.3 Å². The zero-order valence-corrected chi connectivity index (χ0v) is 16.8. The van der Waals surface area contributed by atoms with Gasteiger partial charge in [-0.1, -0.05) is 0 Å². The summed E-state index contributed by atoms with van der Waals surface area (Å²) in [7, 11) is 3.19. The van der Waals surface area contributed by atoms with E-state index < -0.39 is 0 Å². The molecule has 0 radical (unpaired) electrons. The Labute approximate surface area is 168 Å². The number of furan rings is 1. The molecule has 0 fully saturated rings. The van der Waals surface area contributed by atoms with Crippen molar-refractivity contribution in [1.82, 2.24) is 10.9 Å². The molecule has 0 amide bonds. The van der Waals surface area contributed by atoms with Gasteiger partial charge in [-0.15, -0.1) is 0 Å². The van der Waals surface area contributed by atoms with E-state index in [4.69, 9.17) is 15.9 Å². The molecule has 0 aliphatic rings. The van der Waals surface area contributed by atoms with Crippen LogP contribution in [-0.4, -0.2) is 37.4 Å². The number of nitrogens with zero attached hydrogens (tertiary/aromatic N) is 4. The number of nitrogens with two attached hydrogens (primary N) is 2. The Morgan fingerprint density at radius 2 is 1.17 bits per heavy atom. The highest BCUT2D eigenvalue weighted by Crippen LogP contribution is 2.30. The van der Waals surface area contributed by atoms with Gasteiger partial charge in [-0.2, -0.15) is 10.2 Å². The Morgan fingerprint density at radius 3 is 1.55 bits per heavy atom. The molecular weight excluding hydrogens is 368 g/mol. The summed E-state index contributed by atoms with van der Waals surface area (Å²) in [5.41, 5.74) is 21.7. The molecule has 6 N–H and O–H groups in total.